The number of carbonyl (C=O) groups is 2. The highest BCUT2D eigenvalue weighted by Crippen LogP contribution is 2.38. The SMILES string of the molecule is COc1ccccc1N1CCN(S(=O)(=O)c2cc3c(cc2C)OCC(=O)N3CC(=O)c2ccc(-c3ccccc3)cc2)CC1. The van der Waals surface area contributed by atoms with Crippen molar-refractivity contribution in [3.63, 3.8) is 0 Å². The van der Waals surface area contributed by atoms with Crippen LogP contribution in [-0.4, -0.2) is 70.9 Å². The summed E-state index contributed by atoms with van der Waals surface area (Å²) in [5.41, 5.74) is 4.17. The number of hydrogen-bond donors (Lipinski definition) is 0. The van der Waals surface area contributed by atoms with Gasteiger partial charge in [-0.2, -0.15) is 4.31 Å². The maximum atomic E-state index is 13.9. The van der Waals surface area contributed by atoms with Crippen LogP contribution in [-0.2, 0) is 14.8 Å². The fraction of sp³-hybridized carbons (Fsp3) is 0.235. The van der Waals surface area contributed by atoms with Crippen molar-refractivity contribution in [1.82, 2.24) is 4.31 Å². The number of rotatable bonds is 8. The molecule has 9 nitrogen and oxygen atoms in total. The molecule has 0 aliphatic carbocycles. The highest BCUT2D eigenvalue weighted by atomic mass is 32.2. The lowest BCUT2D eigenvalue weighted by Crippen LogP contribution is -2.49. The normalized spacial score (nSPS) is 15.5. The molecule has 0 atom stereocenters. The van der Waals surface area contributed by atoms with Crippen molar-refractivity contribution >= 4 is 33.1 Å². The third-order valence-electron chi connectivity index (χ3n) is 8.10. The molecule has 0 saturated carbocycles. The highest BCUT2D eigenvalue weighted by molar-refractivity contribution is 7.89. The number of sulfonamides is 1. The van der Waals surface area contributed by atoms with Crippen LogP contribution in [0.3, 0.4) is 0 Å². The predicted octanol–water partition coefficient (Wildman–Crippen LogP) is 4.79. The molecule has 2 aliphatic heterocycles. The van der Waals surface area contributed by atoms with Gasteiger partial charge in [0.15, 0.2) is 12.4 Å². The number of ether oxygens (including phenoxy) is 2. The number of Topliss-reactive ketones (excluding diaryl/α,β-unsaturated/α-hetero) is 1. The van der Waals surface area contributed by atoms with E-state index < -0.39 is 15.9 Å². The number of hydrogen-bond acceptors (Lipinski definition) is 7. The Bertz CT molecular complexity index is 1800. The molecule has 1 saturated heterocycles. The Morgan fingerprint density at radius 1 is 0.841 bits per heavy atom. The first kappa shape index (κ1) is 29.4. The molecule has 0 N–H and O–H groups in total. The molecule has 0 bridgehead atoms. The van der Waals surface area contributed by atoms with Crippen LogP contribution in [0.2, 0.25) is 0 Å². The maximum absolute atomic E-state index is 13.9. The quantitative estimate of drug-likeness (QED) is 0.265. The van der Waals surface area contributed by atoms with Crippen molar-refractivity contribution in [2.45, 2.75) is 11.8 Å². The second-order valence-electron chi connectivity index (χ2n) is 10.8. The van der Waals surface area contributed by atoms with E-state index in [4.69, 9.17) is 9.47 Å². The molecule has 226 valence electrons. The van der Waals surface area contributed by atoms with E-state index in [1.165, 1.54) is 15.3 Å². The highest BCUT2D eigenvalue weighted by Gasteiger charge is 2.34. The van der Waals surface area contributed by atoms with E-state index in [9.17, 15) is 18.0 Å². The molecular weight excluding hydrogens is 578 g/mol. The average Bonchev–Trinajstić information content (AvgIpc) is 3.06. The first-order chi connectivity index (χ1) is 21.3. The maximum Gasteiger partial charge on any atom is 0.265 e. The lowest BCUT2D eigenvalue weighted by atomic mass is 10.0. The first-order valence-corrected chi connectivity index (χ1v) is 15.8. The molecule has 2 heterocycles. The molecule has 44 heavy (non-hydrogen) atoms. The van der Waals surface area contributed by atoms with Gasteiger partial charge in [0.2, 0.25) is 10.0 Å². The largest absolute Gasteiger partial charge is 0.495 e. The van der Waals surface area contributed by atoms with Crippen LogP contribution >= 0.6 is 0 Å². The van der Waals surface area contributed by atoms with Gasteiger partial charge in [0.1, 0.15) is 11.5 Å². The van der Waals surface area contributed by atoms with Gasteiger partial charge >= 0.3 is 0 Å². The summed E-state index contributed by atoms with van der Waals surface area (Å²) in [6, 6.07) is 27.8. The number of benzene rings is 4. The average molecular weight is 612 g/mol. The number of fused-ring (bicyclic) bond motifs is 1. The second-order valence-corrected chi connectivity index (χ2v) is 12.7. The number of carbonyl (C=O) groups excluding carboxylic acids is 2. The fourth-order valence-corrected chi connectivity index (χ4v) is 7.34. The van der Waals surface area contributed by atoms with Crippen molar-refractivity contribution in [1.29, 1.82) is 0 Å². The van der Waals surface area contributed by atoms with Crippen molar-refractivity contribution in [2.24, 2.45) is 0 Å². The topological polar surface area (TPSA) is 96.5 Å². The lowest BCUT2D eigenvalue weighted by Gasteiger charge is -2.36. The minimum absolute atomic E-state index is 0.0879. The standard InChI is InChI=1S/C34H33N3O6S/c1-24-20-32-29(21-33(24)44(40,41)36-18-16-35(17-19-36)28-10-6-7-11-31(28)42-2)37(34(39)23-43-32)22-30(38)27-14-12-26(13-15-27)25-8-4-3-5-9-25/h3-15,20-21H,16-19,22-23H2,1-2H3. The first-order valence-electron chi connectivity index (χ1n) is 14.4. The van der Waals surface area contributed by atoms with Crippen LogP contribution in [0.1, 0.15) is 15.9 Å². The number of para-hydroxylation sites is 2. The van der Waals surface area contributed by atoms with Crippen LogP contribution in [0.15, 0.2) is 95.9 Å². The lowest BCUT2D eigenvalue weighted by molar-refractivity contribution is -0.121. The Morgan fingerprint density at radius 2 is 1.50 bits per heavy atom. The van der Waals surface area contributed by atoms with Crippen molar-refractivity contribution in [3.8, 4) is 22.6 Å². The van der Waals surface area contributed by atoms with Gasteiger partial charge in [0, 0.05) is 31.7 Å². The number of amides is 1. The minimum atomic E-state index is -3.90. The third-order valence-corrected chi connectivity index (χ3v) is 10.1. The summed E-state index contributed by atoms with van der Waals surface area (Å²) in [6.07, 6.45) is 0. The van der Waals surface area contributed by atoms with Crippen LogP contribution in [0.4, 0.5) is 11.4 Å². The Kier molecular flexibility index (Phi) is 8.11. The number of aryl methyl sites for hydroxylation is 1. The van der Waals surface area contributed by atoms with Gasteiger partial charge in [-0.1, -0.05) is 66.7 Å². The summed E-state index contributed by atoms with van der Waals surface area (Å²) >= 11 is 0. The Balaban J connectivity index is 1.22. The molecule has 4 aromatic rings. The van der Waals surface area contributed by atoms with E-state index >= 15 is 0 Å². The summed E-state index contributed by atoms with van der Waals surface area (Å²) < 4.78 is 40.4. The summed E-state index contributed by atoms with van der Waals surface area (Å²) in [5.74, 6) is 0.433. The van der Waals surface area contributed by atoms with Gasteiger partial charge in [-0.15, -0.1) is 0 Å². The molecule has 1 fully saturated rings. The molecule has 0 aromatic heterocycles. The van der Waals surface area contributed by atoms with Gasteiger partial charge < -0.3 is 14.4 Å². The van der Waals surface area contributed by atoms with Gasteiger partial charge in [-0.3, -0.25) is 14.5 Å². The summed E-state index contributed by atoms with van der Waals surface area (Å²) in [7, 11) is -2.29. The zero-order valence-corrected chi connectivity index (χ0v) is 25.4. The Morgan fingerprint density at radius 3 is 2.20 bits per heavy atom. The van der Waals surface area contributed by atoms with Crippen molar-refractivity contribution < 1.29 is 27.5 Å². The van der Waals surface area contributed by atoms with E-state index in [-0.39, 0.29) is 42.6 Å². The number of piperazine rings is 1. The number of methoxy groups -OCH3 is 1. The molecule has 4 aromatic carbocycles. The number of anilines is 2. The monoisotopic (exact) mass is 611 g/mol. The van der Waals surface area contributed by atoms with Crippen molar-refractivity contribution in [3.05, 3.63) is 102 Å². The zero-order valence-electron chi connectivity index (χ0n) is 24.6. The Labute approximate surface area is 257 Å². The molecule has 2 aliphatic rings. The van der Waals surface area contributed by atoms with Crippen LogP contribution in [0, 0.1) is 6.92 Å². The molecule has 1 amide bonds. The number of ketones is 1. The van der Waals surface area contributed by atoms with E-state index in [0.717, 1.165) is 22.6 Å². The second kappa shape index (κ2) is 12.1. The molecule has 6 rings (SSSR count). The van der Waals surface area contributed by atoms with Gasteiger partial charge in [-0.25, -0.2) is 8.42 Å². The van der Waals surface area contributed by atoms with Gasteiger partial charge in [0.05, 0.1) is 29.9 Å². The molecule has 0 spiro atoms. The number of nitrogens with zero attached hydrogens (tertiary/aromatic N) is 3. The molecule has 0 unspecified atom stereocenters. The Hall–Kier alpha value is -4.67. The minimum Gasteiger partial charge on any atom is -0.495 e. The van der Waals surface area contributed by atoms with Crippen LogP contribution in [0.5, 0.6) is 11.5 Å². The summed E-state index contributed by atoms with van der Waals surface area (Å²) in [6.45, 7) is 2.80. The van der Waals surface area contributed by atoms with Gasteiger partial charge in [-0.05, 0) is 47.9 Å². The smallest absolute Gasteiger partial charge is 0.265 e. The van der Waals surface area contributed by atoms with E-state index in [1.54, 1.807) is 32.2 Å². The van der Waals surface area contributed by atoms with Gasteiger partial charge in [0.25, 0.3) is 5.91 Å². The molecule has 10 heteroatoms. The summed E-state index contributed by atoms with van der Waals surface area (Å²) in [4.78, 5) is 29.9. The third kappa shape index (κ3) is 5.66. The molecule has 0 radical (unpaired) electrons. The zero-order chi connectivity index (χ0) is 30.8. The predicted molar refractivity (Wildman–Crippen MR) is 169 cm³/mol. The van der Waals surface area contributed by atoms with E-state index in [2.05, 4.69) is 4.90 Å². The van der Waals surface area contributed by atoms with E-state index in [1.807, 2.05) is 66.7 Å². The van der Waals surface area contributed by atoms with E-state index in [0.29, 0.717) is 30.0 Å². The molecular formula is C34H33N3O6S. The van der Waals surface area contributed by atoms with Crippen molar-refractivity contribution in [2.75, 3.05) is 56.2 Å². The fourth-order valence-electron chi connectivity index (χ4n) is 5.69. The summed E-state index contributed by atoms with van der Waals surface area (Å²) in [5, 5.41) is 0. The van der Waals surface area contributed by atoms with Crippen LogP contribution < -0.4 is 19.3 Å². The van der Waals surface area contributed by atoms with Crippen LogP contribution in [0.25, 0.3) is 11.1 Å².